The molecule has 14 heavy (non-hydrogen) atoms. The van der Waals surface area contributed by atoms with E-state index in [1.54, 1.807) is 0 Å². The van der Waals surface area contributed by atoms with Gasteiger partial charge in [-0.2, -0.15) is 11.8 Å². The highest BCUT2D eigenvalue weighted by Gasteiger charge is 2.20. The molecular weight excluding hydrogens is 192 g/mol. The van der Waals surface area contributed by atoms with E-state index >= 15 is 0 Å². The monoisotopic (exact) mass is 218 g/mol. The van der Waals surface area contributed by atoms with E-state index in [0.29, 0.717) is 18.0 Å². The Bertz CT molecular complexity index is 125. The molecule has 86 valence electrons. The largest absolute Gasteiger partial charge is 0.319 e. The molecule has 0 saturated heterocycles. The first-order chi connectivity index (χ1) is 6.54. The average Bonchev–Trinajstić information content (AvgIpc) is 2.16. The van der Waals surface area contributed by atoms with Gasteiger partial charge in [0.1, 0.15) is 0 Å². The van der Waals surface area contributed by atoms with Gasteiger partial charge in [-0.25, -0.2) is 0 Å². The summed E-state index contributed by atoms with van der Waals surface area (Å²) in [6, 6.07) is 1.31. The molecule has 0 rings (SSSR count). The smallest absolute Gasteiger partial charge is 0.0157 e. The van der Waals surface area contributed by atoms with Crippen LogP contribution in [0.4, 0.5) is 0 Å². The zero-order valence-corrected chi connectivity index (χ0v) is 11.3. The Morgan fingerprint density at radius 3 is 2.29 bits per heavy atom. The fraction of sp³-hybridized carbons (Fsp3) is 1.00. The molecule has 0 heterocycles. The number of nitrogens with one attached hydrogen (secondary N) is 1. The van der Waals surface area contributed by atoms with Crippen molar-refractivity contribution in [2.24, 2.45) is 5.92 Å². The third-order valence-corrected chi connectivity index (χ3v) is 3.91. The van der Waals surface area contributed by atoms with E-state index in [1.165, 1.54) is 5.75 Å². The summed E-state index contributed by atoms with van der Waals surface area (Å²) in [7, 11) is 4.26. The maximum atomic E-state index is 3.24. The molecule has 3 unspecified atom stereocenters. The van der Waals surface area contributed by atoms with Gasteiger partial charge in [0.2, 0.25) is 0 Å². The Kier molecular flexibility index (Phi) is 7.69. The second-order valence-corrected chi connectivity index (χ2v) is 5.16. The summed E-state index contributed by atoms with van der Waals surface area (Å²) in [5.74, 6) is 1.92. The van der Waals surface area contributed by atoms with E-state index in [0.717, 1.165) is 6.54 Å². The van der Waals surface area contributed by atoms with Gasteiger partial charge in [0.25, 0.3) is 0 Å². The summed E-state index contributed by atoms with van der Waals surface area (Å²) in [4.78, 5) is 2.48. The highest BCUT2D eigenvalue weighted by molar-refractivity contribution is 7.98. The molecule has 0 fully saturated rings. The molecule has 0 bridgehead atoms. The zero-order valence-electron chi connectivity index (χ0n) is 10.5. The van der Waals surface area contributed by atoms with E-state index in [1.807, 2.05) is 18.8 Å². The molecule has 0 amide bonds. The number of nitrogens with zero attached hydrogens (tertiary/aromatic N) is 1. The summed E-state index contributed by atoms with van der Waals surface area (Å²) < 4.78 is 0. The van der Waals surface area contributed by atoms with Gasteiger partial charge in [0.15, 0.2) is 0 Å². The van der Waals surface area contributed by atoms with Crippen molar-refractivity contribution in [1.29, 1.82) is 0 Å². The van der Waals surface area contributed by atoms with Gasteiger partial charge in [0, 0.05) is 17.8 Å². The lowest BCUT2D eigenvalue weighted by atomic mass is 10.0. The van der Waals surface area contributed by atoms with Gasteiger partial charge in [-0.05, 0) is 46.7 Å². The maximum absolute atomic E-state index is 3.24. The van der Waals surface area contributed by atoms with Crippen LogP contribution in [-0.4, -0.2) is 49.6 Å². The summed E-state index contributed by atoms with van der Waals surface area (Å²) >= 11 is 1.92. The van der Waals surface area contributed by atoms with Crippen LogP contribution in [0.1, 0.15) is 20.8 Å². The molecule has 0 aliphatic carbocycles. The van der Waals surface area contributed by atoms with Gasteiger partial charge < -0.3 is 5.32 Å². The number of hydrogen-bond donors (Lipinski definition) is 1. The Hall–Kier alpha value is 0.270. The summed E-state index contributed by atoms with van der Waals surface area (Å²) in [5.41, 5.74) is 0. The minimum Gasteiger partial charge on any atom is -0.319 e. The maximum Gasteiger partial charge on any atom is 0.0157 e. The molecule has 0 aromatic heterocycles. The Morgan fingerprint density at radius 1 is 1.29 bits per heavy atom. The molecule has 1 N–H and O–H groups in total. The lowest BCUT2D eigenvalue weighted by Crippen LogP contribution is -2.43. The van der Waals surface area contributed by atoms with E-state index in [-0.39, 0.29) is 0 Å². The van der Waals surface area contributed by atoms with Crippen LogP contribution in [0.5, 0.6) is 0 Å². The van der Waals surface area contributed by atoms with Crippen LogP contribution >= 0.6 is 11.8 Å². The Balaban J connectivity index is 4.01. The topological polar surface area (TPSA) is 15.3 Å². The normalized spacial score (nSPS) is 18.2. The molecule has 0 aromatic rings. The summed E-state index contributed by atoms with van der Waals surface area (Å²) in [5, 5.41) is 3.24. The van der Waals surface area contributed by atoms with Crippen molar-refractivity contribution in [3.63, 3.8) is 0 Å². The molecule has 0 spiro atoms. The van der Waals surface area contributed by atoms with Crippen LogP contribution < -0.4 is 5.32 Å². The average molecular weight is 218 g/mol. The van der Waals surface area contributed by atoms with Crippen LogP contribution in [0.2, 0.25) is 0 Å². The van der Waals surface area contributed by atoms with Crippen molar-refractivity contribution in [3.05, 3.63) is 0 Å². The van der Waals surface area contributed by atoms with Crippen LogP contribution in [-0.2, 0) is 0 Å². The van der Waals surface area contributed by atoms with Crippen molar-refractivity contribution in [2.75, 3.05) is 32.6 Å². The third-order valence-electron chi connectivity index (χ3n) is 3.10. The molecule has 0 aliphatic heterocycles. The van der Waals surface area contributed by atoms with E-state index in [9.17, 15) is 0 Å². The molecule has 3 heteroatoms. The summed E-state index contributed by atoms with van der Waals surface area (Å²) in [6.07, 6.45) is 2.17. The Labute approximate surface area is 93.8 Å². The number of thioether (sulfide) groups is 1. The predicted molar refractivity (Wildman–Crippen MR) is 68.2 cm³/mol. The van der Waals surface area contributed by atoms with Gasteiger partial charge in [-0.1, -0.05) is 6.92 Å². The molecule has 0 aliphatic rings. The minimum atomic E-state index is 0.643. The van der Waals surface area contributed by atoms with Gasteiger partial charge in [0.05, 0.1) is 0 Å². The van der Waals surface area contributed by atoms with Gasteiger partial charge >= 0.3 is 0 Å². The molecule has 0 saturated carbocycles. The molecule has 2 nitrogen and oxygen atoms in total. The molecular formula is C11H26N2S. The van der Waals surface area contributed by atoms with E-state index < -0.39 is 0 Å². The zero-order chi connectivity index (χ0) is 11.1. The van der Waals surface area contributed by atoms with E-state index in [4.69, 9.17) is 0 Å². The molecule has 3 atom stereocenters. The molecule has 0 aromatic carbocycles. The first-order valence-electron chi connectivity index (χ1n) is 5.40. The first-order valence-corrected chi connectivity index (χ1v) is 6.79. The van der Waals surface area contributed by atoms with Crippen molar-refractivity contribution in [3.8, 4) is 0 Å². The lowest BCUT2D eigenvalue weighted by molar-refractivity contribution is 0.162. The van der Waals surface area contributed by atoms with Crippen LogP contribution in [0.15, 0.2) is 0 Å². The van der Waals surface area contributed by atoms with Gasteiger partial charge in [-0.3, -0.25) is 4.90 Å². The SMILES string of the molecule is CNCC(C)C(C)N(C)C(C)CSC. The predicted octanol–water partition coefficient (Wildman–Crippen LogP) is 1.91. The fourth-order valence-corrected chi connectivity index (χ4v) is 2.37. The van der Waals surface area contributed by atoms with Crippen molar-refractivity contribution < 1.29 is 0 Å². The fourth-order valence-electron chi connectivity index (χ4n) is 1.65. The second kappa shape index (κ2) is 7.55. The first kappa shape index (κ1) is 14.3. The van der Waals surface area contributed by atoms with Crippen LogP contribution in [0, 0.1) is 5.92 Å². The quantitative estimate of drug-likeness (QED) is 0.703. The Morgan fingerprint density at radius 2 is 1.86 bits per heavy atom. The van der Waals surface area contributed by atoms with Crippen molar-refractivity contribution in [2.45, 2.75) is 32.9 Å². The minimum absolute atomic E-state index is 0.643. The van der Waals surface area contributed by atoms with Crippen molar-refractivity contribution in [1.82, 2.24) is 10.2 Å². The second-order valence-electron chi connectivity index (χ2n) is 4.25. The van der Waals surface area contributed by atoms with Gasteiger partial charge in [-0.15, -0.1) is 0 Å². The highest BCUT2D eigenvalue weighted by atomic mass is 32.2. The van der Waals surface area contributed by atoms with Crippen LogP contribution in [0.25, 0.3) is 0 Å². The summed E-state index contributed by atoms with van der Waals surface area (Å²) in [6.45, 7) is 8.03. The standard InChI is InChI=1S/C11H26N2S/c1-9(7-12-4)11(3)13(5)10(2)8-14-6/h9-12H,7-8H2,1-6H3. The number of hydrogen-bond acceptors (Lipinski definition) is 3. The van der Waals surface area contributed by atoms with Crippen LogP contribution in [0.3, 0.4) is 0 Å². The number of rotatable bonds is 7. The highest BCUT2D eigenvalue weighted by Crippen LogP contribution is 2.13. The molecule has 0 radical (unpaired) electrons. The van der Waals surface area contributed by atoms with E-state index in [2.05, 4.69) is 44.3 Å². The third kappa shape index (κ3) is 4.67. The lowest BCUT2D eigenvalue weighted by Gasteiger charge is -2.34. The van der Waals surface area contributed by atoms with Crippen molar-refractivity contribution >= 4 is 11.8 Å².